The molecule has 1 fully saturated rings. The Morgan fingerprint density at radius 2 is 2.11 bits per heavy atom. The monoisotopic (exact) mass is 415 g/mol. The maximum Gasteiger partial charge on any atom is 0.203 e. The molecule has 3 aromatic rings. The first-order valence-electron chi connectivity index (χ1n) is 10.0. The second-order valence-corrected chi connectivity index (χ2v) is 9.13. The third-order valence-corrected chi connectivity index (χ3v) is 7.38. The topological polar surface area (TPSA) is 27.2 Å². The Morgan fingerprint density at radius 3 is 2.86 bits per heavy atom. The summed E-state index contributed by atoms with van der Waals surface area (Å²) in [4.78, 5) is 3.01. The molecule has 146 valence electrons. The normalized spacial score (nSPS) is 21.6. The fourth-order valence-corrected chi connectivity index (χ4v) is 5.72. The van der Waals surface area contributed by atoms with Gasteiger partial charge in [-0.05, 0) is 48.6 Å². The van der Waals surface area contributed by atoms with Crippen LogP contribution in [0.1, 0.15) is 48.7 Å². The Bertz CT molecular complexity index is 1060. The highest BCUT2D eigenvalue weighted by molar-refractivity contribution is 7.71. The quantitative estimate of drug-likeness (QED) is 0.634. The average molecular weight is 416 g/mol. The Morgan fingerprint density at radius 1 is 1.29 bits per heavy atom. The fraction of sp³-hybridized carbons (Fsp3) is 0.429. The van der Waals surface area contributed by atoms with Gasteiger partial charge in [-0.15, -0.1) is 16.4 Å². The number of hydrogen-bond donors (Lipinski definition) is 1. The van der Waals surface area contributed by atoms with Crippen LogP contribution in [-0.4, -0.2) is 20.9 Å². The number of fused-ring (bicyclic) bond motifs is 1. The molecule has 0 saturated heterocycles. The van der Waals surface area contributed by atoms with E-state index in [1.807, 2.05) is 22.1 Å². The summed E-state index contributed by atoms with van der Waals surface area (Å²) in [5.41, 5.74) is 2.02. The van der Waals surface area contributed by atoms with Crippen molar-refractivity contribution in [3.63, 3.8) is 0 Å². The minimum Gasteiger partial charge on any atom is -0.310 e. The van der Waals surface area contributed by atoms with Gasteiger partial charge in [-0.3, -0.25) is 4.57 Å². The molecule has 1 aliphatic carbocycles. The summed E-state index contributed by atoms with van der Waals surface area (Å²) in [6, 6.07) is 9.98. The molecule has 1 aliphatic heterocycles. The molecule has 2 atom stereocenters. The second kappa shape index (κ2) is 7.21. The molecule has 4 nitrogen and oxygen atoms in total. The van der Waals surface area contributed by atoms with Crippen molar-refractivity contribution in [1.82, 2.24) is 14.3 Å². The van der Waals surface area contributed by atoms with Crippen LogP contribution in [-0.2, 0) is 13.1 Å². The standard InChI is InChI=1S/C21H23FN4S2/c1-2-18-16-10-12-28-19(16)9-11-24(18)13-25-21(27)26(14-7-8-14)20(23-25)15-5-3-4-6-17(15)22/h3-6,10,12,14,18H,2,7-9,11,13H2,1H3/p+1/t18-/m0/s1. The van der Waals surface area contributed by atoms with E-state index in [0.717, 1.165) is 43.7 Å². The van der Waals surface area contributed by atoms with E-state index in [0.29, 0.717) is 23.5 Å². The van der Waals surface area contributed by atoms with Gasteiger partial charge in [-0.1, -0.05) is 19.1 Å². The van der Waals surface area contributed by atoms with E-state index in [1.165, 1.54) is 21.4 Å². The van der Waals surface area contributed by atoms with Crippen LogP contribution in [0.5, 0.6) is 0 Å². The lowest BCUT2D eigenvalue weighted by molar-refractivity contribution is -0.956. The maximum absolute atomic E-state index is 14.5. The zero-order valence-corrected chi connectivity index (χ0v) is 17.5. The summed E-state index contributed by atoms with van der Waals surface area (Å²) in [5, 5.41) is 7.03. The minimum atomic E-state index is -0.240. The Kier molecular flexibility index (Phi) is 4.69. The van der Waals surface area contributed by atoms with Crippen LogP contribution in [0.15, 0.2) is 35.7 Å². The number of hydrogen-bond acceptors (Lipinski definition) is 3. The largest absolute Gasteiger partial charge is 0.310 e. The van der Waals surface area contributed by atoms with Crippen LogP contribution in [0.4, 0.5) is 4.39 Å². The molecule has 3 heterocycles. The van der Waals surface area contributed by atoms with Gasteiger partial charge in [0.05, 0.1) is 12.1 Å². The average Bonchev–Trinajstić information content (AvgIpc) is 3.33. The Hall–Kier alpha value is -1.83. The molecule has 1 N–H and O–H groups in total. The lowest BCUT2D eigenvalue weighted by Gasteiger charge is -2.31. The number of benzene rings is 1. The van der Waals surface area contributed by atoms with Gasteiger partial charge in [-0.2, -0.15) is 4.68 Å². The first-order valence-corrected chi connectivity index (χ1v) is 11.3. The third kappa shape index (κ3) is 3.06. The van der Waals surface area contributed by atoms with E-state index in [9.17, 15) is 4.39 Å². The maximum atomic E-state index is 14.5. The molecule has 28 heavy (non-hydrogen) atoms. The van der Waals surface area contributed by atoms with Gasteiger partial charge in [0.1, 0.15) is 11.9 Å². The van der Waals surface area contributed by atoms with Gasteiger partial charge in [0, 0.05) is 29.3 Å². The summed E-state index contributed by atoms with van der Waals surface area (Å²) in [7, 11) is 0. The molecule has 7 heteroatoms. The molecule has 0 radical (unpaired) electrons. The predicted molar refractivity (Wildman–Crippen MR) is 112 cm³/mol. The molecule has 0 spiro atoms. The molecule has 0 bridgehead atoms. The number of nitrogens with one attached hydrogen (secondary N) is 1. The van der Waals surface area contributed by atoms with Crippen LogP contribution in [0, 0.1) is 10.6 Å². The van der Waals surface area contributed by atoms with E-state index in [-0.39, 0.29) is 5.82 Å². The summed E-state index contributed by atoms with van der Waals surface area (Å²) in [6.07, 6.45) is 4.38. The van der Waals surface area contributed by atoms with Crippen molar-refractivity contribution in [3.8, 4) is 11.4 Å². The number of halogens is 1. The van der Waals surface area contributed by atoms with E-state index >= 15 is 0 Å². The highest BCUT2D eigenvalue weighted by Crippen LogP contribution is 2.39. The van der Waals surface area contributed by atoms with Crippen LogP contribution < -0.4 is 4.90 Å². The highest BCUT2D eigenvalue weighted by atomic mass is 32.1. The molecule has 1 unspecified atom stereocenters. The minimum absolute atomic E-state index is 0.240. The van der Waals surface area contributed by atoms with Gasteiger partial charge in [0.15, 0.2) is 12.5 Å². The van der Waals surface area contributed by atoms with Crippen molar-refractivity contribution < 1.29 is 9.29 Å². The SMILES string of the molecule is CC[C@H]1c2ccsc2CC[NH+]1Cn1nc(-c2ccccc2F)n(C2CC2)c1=S. The van der Waals surface area contributed by atoms with Crippen LogP contribution in [0.2, 0.25) is 0 Å². The van der Waals surface area contributed by atoms with Crippen LogP contribution in [0.3, 0.4) is 0 Å². The van der Waals surface area contributed by atoms with Crippen LogP contribution >= 0.6 is 23.6 Å². The van der Waals surface area contributed by atoms with E-state index in [4.69, 9.17) is 17.3 Å². The van der Waals surface area contributed by atoms with Gasteiger partial charge < -0.3 is 4.90 Å². The smallest absolute Gasteiger partial charge is 0.203 e. The highest BCUT2D eigenvalue weighted by Gasteiger charge is 2.33. The number of rotatable bonds is 5. The molecular formula is C21H24FN4S2+. The van der Waals surface area contributed by atoms with Crippen molar-refractivity contribution in [2.24, 2.45) is 0 Å². The van der Waals surface area contributed by atoms with Gasteiger partial charge >= 0.3 is 0 Å². The molecular weight excluding hydrogens is 391 g/mol. The Balaban J connectivity index is 1.52. The number of nitrogens with zero attached hydrogens (tertiary/aromatic N) is 3. The van der Waals surface area contributed by atoms with E-state index in [2.05, 4.69) is 22.9 Å². The molecule has 5 rings (SSSR count). The van der Waals surface area contributed by atoms with Gasteiger partial charge in [0.25, 0.3) is 0 Å². The second-order valence-electron chi connectivity index (χ2n) is 7.76. The first kappa shape index (κ1) is 18.2. The van der Waals surface area contributed by atoms with Crippen LogP contribution in [0.25, 0.3) is 11.4 Å². The van der Waals surface area contributed by atoms with Gasteiger partial charge in [-0.25, -0.2) is 4.39 Å². The van der Waals surface area contributed by atoms with E-state index in [1.54, 1.807) is 12.1 Å². The zero-order chi connectivity index (χ0) is 19.3. The van der Waals surface area contributed by atoms with Crippen molar-refractivity contribution in [2.45, 2.75) is 51.4 Å². The molecule has 2 aliphatic rings. The van der Waals surface area contributed by atoms with Gasteiger partial charge in [0.2, 0.25) is 4.77 Å². The molecule has 2 aromatic heterocycles. The summed E-state index contributed by atoms with van der Waals surface area (Å²) >= 11 is 7.68. The number of quaternary nitrogens is 1. The summed E-state index contributed by atoms with van der Waals surface area (Å²) in [6.45, 7) is 4.07. The van der Waals surface area contributed by atoms with E-state index < -0.39 is 0 Å². The lowest BCUT2D eigenvalue weighted by atomic mass is 9.98. The first-order chi connectivity index (χ1) is 13.7. The number of thiophene rings is 1. The lowest BCUT2D eigenvalue weighted by Crippen LogP contribution is -3.12. The summed E-state index contributed by atoms with van der Waals surface area (Å²) in [5.74, 6) is 0.433. The van der Waals surface area contributed by atoms with Crippen molar-refractivity contribution in [1.29, 1.82) is 0 Å². The Labute approximate surface area is 173 Å². The predicted octanol–water partition coefficient (Wildman–Crippen LogP) is 4.17. The third-order valence-electron chi connectivity index (χ3n) is 5.98. The van der Waals surface area contributed by atoms with Crippen molar-refractivity contribution in [2.75, 3.05) is 6.54 Å². The zero-order valence-electron chi connectivity index (χ0n) is 15.9. The van der Waals surface area contributed by atoms with Crippen molar-refractivity contribution in [3.05, 3.63) is 56.7 Å². The number of aromatic nitrogens is 3. The summed E-state index contributed by atoms with van der Waals surface area (Å²) < 4.78 is 19.2. The molecule has 0 amide bonds. The van der Waals surface area contributed by atoms with Crippen molar-refractivity contribution >= 4 is 23.6 Å². The molecule has 1 saturated carbocycles. The molecule has 1 aromatic carbocycles. The fourth-order valence-electron chi connectivity index (χ4n) is 4.43.